The molecule has 5 nitrogen and oxygen atoms in total. The number of fused-ring (bicyclic) bond motifs is 1. The molecule has 7 heteroatoms. The summed E-state index contributed by atoms with van der Waals surface area (Å²) < 4.78 is 23.3. The van der Waals surface area contributed by atoms with E-state index in [0.717, 1.165) is 16.2 Å². The van der Waals surface area contributed by atoms with Gasteiger partial charge in [0, 0.05) is 11.4 Å². The van der Waals surface area contributed by atoms with E-state index >= 15 is 0 Å². The molecule has 1 heterocycles. The van der Waals surface area contributed by atoms with Gasteiger partial charge >= 0.3 is 0 Å². The Morgan fingerprint density at radius 3 is 2.70 bits per heavy atom. The molecule has 3 N–H and O–H groups in total. The fourth-order valence-corrected chi connectivity index (χ4v) is 3.99. The molecule has 0 spiro atoms. The number of nitrogen functional groups attached to an aromatic ring is 1. The molecule has 0 fully saturated rings. The molecule has 0 saturated heterocycles. The minimum atomic E-state index is -3.09. The normalized spacial score (nSPS) is 12.9. The molecule has 0 unspecified atom stereocenters. The van der Waals surface area contributed by atoms with Crippen molar-refractivity contribution in [1.82, 2.24) is 9.97 Å². The lowest BCUT2D eigenvalue weighted by molar-refractivity contribution is 0.562. The highest BCUT2D eigenvalue weighted by Crippen LogP contribution is 2.23. The van der Waals surface area contributed by atoms with Crippen molar-refractivity contribution in [1.29, 1.82) is 0 Å². The summed E-state index contributed by atoms with van der Waals surface area (Å²) in [7, 11) is -3.09. The van der Waals surface area contributed by atoms with Crippen molar-refractivity contribution in [3.8, 4) is 0 Å². The lowest BCUT2D eigenvalue weighted by Crippen LogP contribution is -2.31. The van der Waals surface area contributed by atoms with Gasteiger partial charge in [-0.3, -0.25) is 0 Å². The van der Waals surface area contributed by atoms with E-state index in [9.17, 15) is 8.42 Å². The molecule has 1 aromatic heterocycles. The number of nitrogens with two attached hydrogens (primary N) is 1. The van der Waals surface area contributed by atoms with Crippen LogP contribution in [0.15, 0.2) is 23.4 Å². The Kier molecular flexibility index (Phi) is 4.02. The summed E-state index contributed by atoms with van der Waals surface area (Å²) in [6.45, 7) is 5.16. The van der Waals surface area contributed by atoms with E-state index in [1.807, 2.05) is 12.1 Å². The molecule has 0 bridgehead atoms. The number of sulfone groups is 1. The average molecular weight is 313 g/mol. The van der Waals surface area contributed by atoms with Gasteiger partial charge in [-0.2, -0.15) is 0 Å². The lowest BCUT2D eigenvalue weighted by Gasteiger charge is -2.18. The van der Waals surface area contributed by atoms with E-state index in [0.29, 0.717) is 11.4 Å². The van der Waals surface area contributed by atoms with Crippen LogP contribution in [0.25, 0.3) is 11.0 Å². The Hall–Kier alpha value is -1.21. The van der Waals surface area contributed by atoms with Crippen LogP contribution >= 0.6 is 11.8 Å². The Morgan fingerprint density at radius 1 is 1.35 bits per heavy atom. The highest BCUT2D eigenvalue weighted by atomic mass is 32.2. The molecule has 0 atom stereocenters. The summed E-state index contributed by atoms with van der Waals surface area (Å²) in [5.41, 5.74) is 8.08. The molecule has 110 valence electrons. The lowest BCUT2D eigenvalue weighted by atomic mass is 10.3. The van der Waals surface area contributed by atoms with Crippen LogP contribution in [0.4, 0.5) is 5.69 Å². The second-order valence-corrected chi connectivity index (χ2v) is 9.54. The molecule has 1 aromatic carbocycles. The van der Waals surface area contributed by atoms with Gasteiger partial charge in [0.1, 0.15) is 0 Å². The number of benzene rings is 1. The van der Waals surface area contributed by atoms with Gasteiger partial charge < -0.3 is 10.7 Å². The maximum absolute atomic E-state index is 12.0. The number of thioether (sulfide) groups is 1. The molecule has 20 heavy (non-hydrogen) atoms. The Labute approximate surface area is 123 Å². The highest BCUT2D eigenvalue weighted by molar-refractivity contribution is 8.00. The number of imidazole rings is 1. The van der Waals surface area contributed by atoms with Crippen LogP contribution in [0, 0.1) is 0 Å². The summed E-state index contributed by atoms with van der Waals surface area (Å²) >= 11 is 1.41. The molecule has 2 aromatic rings. The van der Waals surface area contributed by atoms with Gasteiger partial charge in [0.15, 0.2) is 15.0 Å². The number of nitrogens with one attached hydrogen (secondary N) is 1. The van der Waals surface area contributed by atoms with E-state index in [-0.39, 0.29) is 5.75 Å². The zero-order chi connectivity index (χ0) is 15.0. The van der Waals surface area contributed by atoms with Crippen LogP contribution in [-0.4, -0.2) is 34.6 Å². The van der Waals surface area contributed by atoms with Gasteiger partial charge in [0.05, 0.1) is 21.5 Å². The van der Waals surface area contributed by atoms with Crippen LogP contribution in [0.2, 0.25) is 0 Å². The van der Waals surface area contributed by atoms with Gasteiger partial charge in [-0.25, -0.2) is 13.4 Å². The molecule has 0 aliphatic carbocycles. The first-order valence-electron chi connectivity index (χ1n) is 6.29. The number of hydrogen-bond acceptors (Lipinski definition) is 5. The first-order valence-corrected chi connectivity index (χ1v) is 8.93. The van der Waals surface area contributed by atoms with E-state index < -0.39 is 14.6 Å². The zero-order valence-electron chi connectivity index (χ0n) is 11.8. The third-order valence-electron chi connectivity index (χ3n) is 3.01. The Bertz CT molecular complexity index is 715. The van der Waals surface area contributed by atoms with Crippen molar-refractivity contribution in [2.45, 2.75) is 30.7 Å². The van der Waals surface area contributed by atoms with Gasteiger partial charge in [-0.1, -0.05) is 11.8 Å². The van der Waals surface area contributed by atoms with E-state index in [1.54, 1.807) is 26.8 Å². The molecule has 0 radical (unpaired) electrons. The third kappa shape index (κ3) is 3.27. The van der Waals surface area contributed by atoms with Crippen molar-refractivity contribution in [2.75, 3.05) is 17.2 Å². The van der Waals surface area contributed by atoms with Gasteiger partial charge in [-0.05, 0) is 39.0 Å². The monoisotopic (exact) mass is 313 g/mol. The fourth-order valence-electron chi connectivity index (χ4n) is 1.63. The summed E-state index contributed by atoms with van der Waals surface area (Å²) in [6.07, 6.45) is 0. The van der Waals surface area contributed by atoms with E-state index in [1.165, 1.54) is 11.8 Å². The Morgan fingerprint density at radius 2 is 2.05 bits per heavy atom. The van der Waals surface area contributed by atoms with Crippen molar-refractivity contribution in [3.63, 3.8) is 0 Å². The first kappa shape index (κ1) is 15.2. The molecule has 0 aliphatic heterocycles. The minimum absolute atomic E-state index is 0.139. The quantitative estimate of drug-likeness (QED) is 0.668. The third-order valence-corrected chi connectivity index (χ3v) is 6.75. The second kappa shape index (κ2) is 5.29. The summed E-state index contributed by atoms with van der Waals surface area (Å²) in [6, 6.07) is 5.46. The molecular weight excluding hydrogens is 294 g/mol. The second-order valence-electron chi connectivity index (χ2n) is 5.60. The van der Waals surface area contributed by atoms with Gasteiger partial charge in [0.2, 0.25) is 0 Å². The number of aromatic nitrogens is 2. The van der Waals surface area contributed by atoms with Crippen molar-refractivity contribution >= 4 is 38.3 Å². The minimum Gasteiger partial charge on any atom is -0.399 e. The zero-order valence-corrected chi connectivity index (χ0v) is 13.4. The highest BCUT2D eigenvalue weighted by Gasteiger charge is 2.28. The van der Waals surface area contributed by atoms with Crippen molar-refractivity contribution in [2.24, 2.45) is 0 Å². The number of hydrogen-bond donors (Lipinski definition) is 2. The molecule has 0 amide bonds. The van der Waals surface area contributed by atoms with Gasteiger partial charge in [-0.15, -0.1) is 0 Å². The molecule has 2 rings (SSSR count). The number of nitrogens with zero attached hydrogens (tertiary/aromatic N) is 1. The van der Waals surface area contributed by atoms with E-state index in [2.05, 4.69) is 9.97 Å². The number of aromatic amines is 1. The predicted molar refractivity (Wildman–Crippen MR) is 84.8 cm³/mol. The van der Waals surface area contributed by atoms with Gasteiger partial charge in [0.25, 0.3) is 0 Å². The van der Waals surface area contributed by atoms with Crippen LogP contribution in [0.3, 0.4) is 0 Å². The van der Waals surface area contributed by atoms with Crippen molar-refractivity contribution in [3.05, 3.63) is 18.2 Å². The molecular formula is C13H19N3O2S2. The Balaban J connectivity index is 2.03. The molecule has 0 aliphatic rings. The SMILES string of the molecule is CC(C)(C)S(=O)(=O)CCSc1nc2ccc(N)cc2[nH]1. The van der Waals surface area contributed by atoms with Crippen molar-refractivity contribution < 1.29 is 8.42 Å². The summed E-state index contributed by atoms with van der Waals surface area (Å²) in [5, 5.41) is 0.717. The van der Waals surface area contributed by atoms with Crippen LogP contribution in [0.1, 0.15) is 20.8 Å². The maximum atomic E-state index is 12.0. The number of anilines is 1. The maximum Gasteiger partial charge on any atom is 0.166 e. The summed E-state index contributed by atoms with van der Waals surface area (Å²) in [5.74, 6) is 0.620. The standard InChI is InChI=1S/C13H19N3O2S2/c1-13(2,3)20(17,18)7-6-19-12-15-10-5-4-9(14)8-11(10)16-12/h4-5,8H,6-7,14H2,1-3H3,(H,15,16). The number of rotatable bonds is 4. The average Bonchev–Trinajstić information content (AvgIpc) is 2.68. The van der Waals surface area contributed by atoms with E-state index in [4.69, 9.17) is 5.73 Å². The number of H-pyrrole nitrogens is 1. The fraction of sp³-hybridized carbons (Fsp3) is 0.462. The predicted octanol–water partition coefficient (Wildman–Crippen LogP) is 2.45. The van der Waals surface area contributed by atoms with Crippen LogP contribution in [-0.2, 0) is 9.84 Å². The summed E-state index contributed by atoms with van der Waals surface area (Å²) in [4.78, 5) is 7.53. The first-order chi connectivity index (χ1) is 9.19. The topological polar surface area (TPSA) is 88.8 Å². The largest absolute Gasteiger partial charge is 0.399 e. The smallest absolute Gasteiger partial charge is 0.166 e. The van der Waals surface area contributed by atoms with Crippen LogP contribution < -0.4 is 5.73 Å². The molecule has 0 saturated carbocycles. The van der Waals surface area contributed by atoms with Crippen LogP contribution in [0.5, 0.6) is 0 Å².